The Morgan fingerprint density at radius 3 is 2.68 bits per heavy atom. The smallest absolute Gasteiger partial charge is 0.224 e. The number of ether oxygens (including phenoxy) is 1. The van der Waals surface area contributed by atoms with Crippen molar-refractivity contribution in [1.82, 2.24) is 14.9 Å². The van der Waals surface area contributed by atoms with Crippen molar-refractivity contribution >= 4 is 23.3 Å². The number of halogens is 1. The molecule has 1 aliphatic rings. The topological polar surface area (TPSA) is 58.6 Å². The first-order valence-corrected chi connectivity index (χ1v) is 11.3. The number of nitrogens with zero attached hydrogens (tertiary/aromatic N) is 4. The summed E-state index contributed by atoms with van der Waals surface area (Å²) in [5.41, 5.74) is 0.237. The molecule has 0 unspecified atom stereocenters. The first kappa shape index (κ1) is 23.3. The van der Waals surface area contributed by atoms with Gasteiger partial charge in [-0.25, -0.2) is 9.97 Å². The van der Waals surface area contributed by atoms with Crippen LogP contribution in [0.4, 0.5) is 5.82 Å². The Labute approximate surface area is 190 Å². The van der Waals surface area contributed by atoms with Gasteiger partial charge in [0.15, 0.2) is 0 Å². The lowest BCUT2D eigenvalue weighted by Crippen LogP contribution is -2.54. The molecule has 2 aromatic rings. The van der Waals surface area contributed by atoms with E-state index in [2.05, 4.69) is 49.5 Å². The lowest BCUT2D eigenvalue weighted by molar-refractivity contribution is -0.134. The Balaban J connectivity index is 1.60. The van der Waals surface area contributed by atoms with Crippen LogP contribution in [-0.4, -0.2) is 46.5 Å². The molecular formula is C24H33ClN4O2. The standard InChI is InChI=1S/C24H33ClN4O2/c1-17(14-24(3,4)5)12-23(30)29-11-10-28(15-18(29)2)21-13-22(27-16-26-21)31-20-9-7-6-8-19(20)25/h6-9,13,16-18H,10-12,14-15H2,1-5H3/t17-,18+/m0/s1. The van der Waals surface area contributed by atoms with Crippen molar-refractivity contribution in [3.8, 4) is 11.6 Å². The van der Waals surface area contributed by atoms with Gasteiger partial charge >= 0.3 is 0 Å². The summed E-state index contributed by atoms with van der Waals surface area (Å²) in [5.74, 6) is 2.41. The Morgan fingerprint density at radius 1 is 1.26 bits per heavy atom. The van der Waals surface area contributed by atoms with E-state index in [1.807, 2.05) is 23.1 Å². The molecule has 2 heterocycles. The van der Waals surface area contributed by atoms with Gasteiger partial charge in [-0.1, -0.05) is 51.4 Å². The normalized spacial score (nSPS) is 18.1. The predicted octanol–water partition coefficient (Wildman–Crippen LogP) is 5.42. The van der Waals surface area contributed by atoms with Crippen molar-refractivity contribution in [2.75, 3.05) is 24.5 Å². The molecule has 1 amide bonds. The monoisotopic (exact) mass is 444 g/mol. The van der Waals surface area contributed by atoms with Gasteiger partial charge in [-0.2, -0.15) is 0 Å². The van der Waals surface area contributed by atoms with Crippen molar-refractivity contribution < 1.29 is 9.53 Å². The molecule has 7 heteroatoms. The Hall–Kier alpha value is -2.34. The summed E-state index contributed by atoms with van der Waals surface area (Å²) in [6.07, 6.45) is 3.14. The number of piperazine rings is 1. The zero-order valence-electron chi connectivity index (χ0n) is 19.1. The summed E-state index contributed by atoms with van der Waals surface area (Å²) < 4.78 is 5.84. The van der Waals surface area contributed by atoms with Crippen LogP contribution in [-0.2, 0) is 4.79 Å². The molecular weight excluding hydrogens is 412 g/mol. The zero-order chi connectivity index (χ0) is 22.6. The average Bonchev–Trinajstić information content (AvgIpc) is 2.68. The highest BCUT2D eigenvalue weighted by atomic mass is 35.5. The van der Waals surface area contributed by atoms with E-state index >= 15 is 0 Å². The summed E-state index contributed by atoms with van der Waals surface area (Å²) >= 11 is 6.18. The van der Waals surface area contributed by atoms with E-state index in [9.17, 15) is 4.79 Å². The quantitative estimate of drug-likeness (QED) is 0.595. The van der Waals surface area contributed by atoms with Crippen molar-refractivity contribution in [2.24, 2.45) is 11.3 Å². The Bertz CT molecular complexity index is 899. The van der Waals surface area contributed by atoms with Crippen LogP contribution in [0.1, 0.15) is 47.5 Å². The number of amides is 1. The maximum Gasteiger partial charge on any atom is 0.224 e. The Kier molecular flexibility index (Phi) is 7.42. The summed E-state index contributed by atoms with van der Waals surface area (Å²) in [6.45, 7) is 13.1. The third-order valence-corrected chi connectivity index (χ3v) is 5.75. The molecule has 0 saturated carbocycles. The van der Waals surface area contributed by atoms with E-state index < -0.39 is 0 Å². The third kappa shape index (κ3) is 6.57. The van der Waals surface area contributed by atoms with Crippen molar-refractivity contribution in [2.45, 2.75) is 53.5 Å². The fourth-order valence-corrected chi connectivity index (χ4v) is 4.44. The summed E-state index contributed by atoms with van der Waals surface area (Å²) in [7, 11) is 0. The largest absolute Gasteiger partial charge is 0.437 e. The molecule has 1 aromatic carbocycles. The predicted molar refractivity (Wildman–Crippen MR) is 125 cm³/mol. The highest BCUT2D eigenvalue weighted by Gasteiger charge is 2.29. The second-order valence-corrected chi connectivity index (χ2v) is 10.1. The number of carbonyl (C=O) groups excluding carboxylic acids is 1. The van der Waals surface area contributed by atoms with Gasteiger partial charge in [0.05, 0.1) is 5.02 Å². The van der Waals surface area contributed by atoms with Crippen LogP contribution in [0, 0.1) is 11.3 Å². The number of carbonyl (C=O) groups is 1. The minimum atomic E-state index is 0.117. The van der Waals surface area contributed by atoms with Gasteiger partial charge in [0.1, 0.15) is 17.9 Å². The highest BCUT2D eigenvalue weighted by molar-refractivity contribution is 6.32. The molecule has 2 atom stereocenters. The molecule has 1 fully saturated rings. The molecule has 1 saturated heterocycles. The molecule has 0 N–H and O–H groups in total. The van der Waals surface area contributed by atoms with Crippen LogP contribution in [0.3, 0.4) is 0 Å². The fourth-order valence-electron chi connectivity index (χ4n) is 4.27. The Morgan fingerprint density at radius 2 is 2.00 bits per heavy atom. The van der Waals surface area contributed by atoms with Gasteiger partial charge in [0.25, 0.3) is 0 Å². The molecule has 168 valence electrons. The van der Waals surface area contributed by atoms with Crippen molar-refractivity contribution in [3.05, 3.63) is 41.7 Å². The van der Waals surface area contributed by atoms with Crippen LogP contribution in [0.15, 0.2) is 36.7 Å². The maximum absolute atomic E-state index is 12.9. The number of hydrogen-bond donors (Lipinski definition) is 0. The molecule has 0 aliphatic carbocycles. The van der Waals surface area contributed by atoms with Gasteiger partial charge < -0.3 is 14.5 Å². The first-order valence-electron chi connectivity index (χ1n) is 10.9. The minimum absolute atomic E-state index is 0.117. The van der Waals surface area contributed by atoms with Gasteiger partial charge in [0.2, 0.25) is 11.8 Å². The van der Waals surface area contributed by atoms with Gasteiger partial charge in [-0.05, 0) is 36.8 Å². The highest BCUT2D eigenvalue weighted by Crippen LogP contribution is 2.30. The third-order valence-electron chi connectivity index (χ3n) is 5.43. The molecule has 1 aromatic heterocycles. The number of rotatable bonds is 6. The van der Waals surface area contributed by atoms with Crippen LogP contribution in [0.5, 0.6) is 11.6 Å². The van der Waals surface area contributed by atoms with Crippen LogP contribution in [0.25, 0.3) is 0 Å². The first-order chi connectivity index (χ1) is 14.6. The van der Waals surface area contributed by atoms with E-state index in [0.29, 0.717) is 35.5 Å². The SMILES string of the molecule is C[C@@H](CC(=O)N1CCN(c2cc(Oc3ccccc3Cl)ncn2)C[C@H]1C)CC(C)(C)C. The van der Waals surface area contributed by atoms with Gasteiger partial charge in [0, 0.05) is 38.2 Å². The number of para-hydroxylation sites is 1. The molecule has 0 radical (unpaired) electrons. The lowest BCUT2D eigenvalue weighted by Gasteiger charge is -2.41. The average molecular weight is 445 g/mol. The van der Waals surface area contributed by atoms with Crippen LogP contribution >= 0.6 is 11.6 Å². The summed E-state index contributed by atoms with van der Waals surface area (Å²) in [6, 6.07) is 9.23. The molecule has 31 heavy (non-hydrogen) atoms. The van der Waals surface area contributed by atoms with Gasteiger partial charge in [-0.15, -0.1) is 0 Å². The molecule has 6 nitrogen and oxygen atoms in total. The molecule has 0 spiro atoms. The number of hydrogen-bond acceptors (Lipinski definition) is 5. The maximum atomic E-state index is 12.9. The van der Waals surface area contributed by atoms with E-state index in [1.165, 1.54) is 6.33 Å². The number of aromatic nitrogens is 2. The second kappa shape index (κ2) is 9.86. The number of anilines is 1. The van der Waals surface area contributed by atoms with Crippen LogP contribution in [0.2, 0.25) is 5.02 Å². The minimum Gasteiger partial charge on any atom is -0.437 e. The van der Waals surface area contributed by atoms with Crippen molar-refractivity contribution in [1.29, 1.82) is 0 Å². The van der Waals surface area contributed by atoms with E-state index in [1.54, 1.807) is 12.1 Å². The number of benzene rings is 1. The van der Waals surface area contributed by atoms with E-state index in [0.717, 1.165) is 25.3 Å². The molecule has 0 bridgehead atoms. The lowest BCUT2D eigenvalue weighted by atomic mass is 9.84. The van der Waals surface area contributed by atoms with Crippen molar-refractivity contribution in [3.63, 3.8) is 0 Å². The molecule has 1 aliphatic heterocycles. The van der Waals surface area contributed by atoms with Gasteiger partial charge in [-0.3, -0.25) is 4.79 Å². The summed E-state index contributed by atoms with van der Waals surface area (Å²) in [4.78, 5) is 25.7. The summed E-state index contributed by atoms with van der Waals surface area (Å²) in [5, 5.41) is 0.532. The zero-order valence-corrected chi connectivity index (χ0v) is 19.9. The van der Waals surface area contributed by atoms with Crippen LogP contribution < -0.4 is 9.64 Å². The van der Waals surface area contributed by atoms with E-state index in [4.69, 9.17) is 16.3 Å². The molecule has 3 rings (SSSR count). The second-order valence-electron chi connectivity index (χ2n) is 9.70. The fraction of sp³-hybridized carbons (Fsp3) is 0.542. The van der Waals surface area contributed by atoms with E-state index in [-0.39, 0.29) is 17.4 Å².